The molecular formula is C16H15BrF2N2. The molecule has 2 aromatic carbocycles. The molecule has 3 rings (SSSR count). The molecular weight excluding hydrogens is 338 g/mol. The van der Waals surface area contributed by atoms with Gasteiger partial charge in [-0.1, -0.05) is 24.3 Å². The molecule has 0 fully saturated rings. The fraction of sp³-hybridized carbons (Fsp3) is 0.250. The van der Waals surface area contributed by atoms with Crippen LogP contribution in [0.3, 0.4) is 0 Å². The van der Waals surface area contributed by atoms with E-state index in [9.17, 15) is 8.78 Å². The molecule has 1 aliphatic heterocycles. The molecule has 0 aliphatic carbocycles. The first kappa shape index (κ1) is 14.5. The largest absolute Gasteiger partial charge is 0.376 e. The Morgan fingerprint density at radius 2 is 1.95 bits per heavy atom. The number of rotatable bonds is 2. The first-order valence-corrected chi connectivity index (χ1v) is 7.64. The molecule has 2 N–H and O–H groups in total. The van der Waals surface area contributed by atoms with Crippen molar-refractivity contribution < 1.29 is 8.78 Å². The molecule has 1 atom stereocenters. The molecule has 1 aliphatic rings. The third-order valence-electron chi connectivity index (χ3n) is 3.70. The van der Waals surface area contributed by atoms with E-state index in [1.807, 2.05) is 12.1 Å². The summed E-state index contributed by atoms with van der Waals surface area (Å²) < 4.78 is 27.5. The maximum absolute atomic E-state index is 13.9. The van der Waals surface area contributed by atoms with Gasteiger partial charge in [0.05, 0.1) is 16.2 Å². The SMILES string of the molecule is Fc1cc(F)c(NC2CCNCc3ccccc32)cc1Br. The summed E-state index contributed by atoms with van der Waals surface area (Å²) in [6, 6.07) is 10.4. The minimum Gasteiger partial charge on any atom is -0.376 e. The summed E-state index contributed by atoms with van der Waals surface area (Å²) in [6.07, 6.45) is 0.839. The van der Waals surface area contributed by atoms with Crippen LogP contribution in [-0.2, 0) is 6.54 Å². The lowest BCUT2D eigenvalue weighted by Gasteiger charge is -2.21. The zero-order chi connectivity index (χ0) is 14.8. The Morgan fingerprint density at radius 1 is 1.14 bits per heavy atom. The van der Waals surface area contributed by atoms with Crippen molar-refractivity contribution in [1.82, 2.24) is 5.32 Å². The van der Waals surface area contributed by atoms with Crippen molar-refractivity contribution in [3.8, 4) is 0 Å². The van der Waals surface area contributed by atoms with Crippen molar-refractivity contribution in [2.75, 3.05) is 11.9 Å². The van der Waals surface area contributed by atoms with Crippen molar-refractivity contribution >= 4 is 21.6 Å². The van der Waals surface area contributed by atoms with Gasteiger partial charge in [0.15, 0.2) is 0 Å². The summed E-state index contributed by atoms with van der Waals surface area (Å²) in [5.41, 5.74) is 2.67. The monoisotopic (exact) mass is 352 g/mol. The zero-order valence-corrected chi connectivity index (χ0v) is 12.9. The first-order chi connectivity index (χ1) is 10.1. The molecule has 0 amide bonds. The molecule has 2 aromatic rings. The minimum atomic E-state index is -0.596. The van der Waals surface area contributed by atoms with E-state index in [1.54, 1.807) is 0 Å². The normalized spacial score (nSPS) is 18.0. The van der Waals surface area contributed by atoms with Crippen LogP contribution in [0.15, 0.2) is 40.9 Å². The van der Waals surface area contributed by atoms with E-state index in [-0.39, 0.29) is 10.5 Å². The third kappa shape index (κ3) is 3.09. The van der Waals surface area contributed by atoms with Gasteiger partial charge in [-0.25, -0.2) is 8.78 Å². The van der Waals surface area contributed by atoms with Gasteiger partial charge in [0.1, 0.15) is 11.6 Å². The van der Waals surface area contributed by atoms with E-state index in [0.717, 1.165) is 31.1 Å². The summed E-state index contributed by atoms with van der Waals surface area (Å²) in [7, 11) is 0. The molecule has 110 valence electrons. The van der Waals surface area contributed by atoms with Crippen LogP contribution in [0.2, 0.25) is 0 Å². The average Bonchev–Trinajstić information content (AvgIpc) is 2.67. The van der Waals surface area contributed by atoms with Crippen molar-refractivity contribution in [3.05, 3.63) is 63.6 Å². The fourth-order valence-electron chi connectivity index (χ4n) is 2.63. The van der Waals surface area contributed by atoms with Crippen LogP contribution in [-0.4, -0.2) is 6.54 Å². The summed E-state index contributed by atoms with van der Waals surface area (Å²) in [4.78, 5) is 0. The standard InChI is InChI=1S/C16H15BrF2N2/c17-12-7-16(14(19)8-13(12)18)21-15-5-6-20-9-10-3-1-2-4-11(10)15/h1-4,7-8,15,20-21H,5-6,9H2. The van der Waals surface area contributed by atoms with E-state index < -0.39 is 11.6 Å². The Labute approximate surface area is 130 Å². The first-order valence-electron chi connectivity index (χ1n) is 6.85. The van der Waals surface area contributed by atoms with Gasteiger partial charge in [-0.2, -0.15) is 0 Å². The molecule has 21 heavy (non-hydrogen) atoms. The Morgan fingerprint density at radius 3 is 2.81 bits per heavy atom. The van der Waals surface area contributed by atoms with Gasteiger partial charge < -0.3 is 10.6 Å². The predicted octanol–water partition coefficient (Wildman–Crippen LogP) is 4.37. The molecule has 1 heterocycles. The fourth-order valence-corrected chi connectivity index (χ4v) is 2.97. The third-order valence-corrected chi connectivity index (χ3v) is 4.30. The molecule has 2 nitrogen and oxygen atoms in total. The second kappa shape index (κ2) is 6.12. The van der Waals surface area contributed by atoms with Crippen molar-refractivity contribution in [1.29, 1.82) is 0 Å². The van der Waals surface area contributed by atoms with Gasteiger partial charge in [0.25, 0.3) is 0 Å². The highest BCUT2D eigenvalue weighted by Gasteiger charge is 2.19. The maximum Gasteiger partial charge on any atom is 0.149 e. The Bertz CT molecular complexity index is 661. The van der Waals surface area contributed by atoms with Gasteiger partial charge in [-0.05, 0) is 46.1 Å². The predicted molar refractivity (Wildman–Crippen MR) is 83.2 cm³/mol. The van der Waals surface area contributed by atoms with E-state index in [0.29, 0.717) is 5.69 Å². The maximum atomic E-state index is 13.9. The minimum absolute atomic E-state index is 0.00283. The Balaban J connectivity index is 1.93. The molecule has 0 radical (unpaired) electrons. The van der Waals surface area contributed by atoms with Crippen LogP contribution in [0.5, 0.6) is 0 Å². The molecule has 0 bridgehead atoms. The van der Waals surface area contributed by atoms with Crippen molar-refractivity contribution in [2.45, 2.75) is 19.0 Å². The number of halogens is 3. The van der Waals surface area contributed by atoms with Gasteiger partial charge in [-0.3, -0.25) is 0 Å². The van der Waals surface area contributed by atoms with Gasteiger partial charge >= 0.3 is 0 Å². The molecule has 5 heteroatoms. The van der Waals surface area contributed by atoms with Crippen LogP contribution >= 0.6 is 15.9 Å². The lowest BCUT2D eigenvalue weighted by molar-refractivity contribution is 0.576. The van der Waals surface area contributed by atoms with E-state index >= 15 is 0 Å². The number of hydrogen-bond acceptors (Lipinski definition) is 2. The van der Waals surface area contributed by atoms with Gasteiger partial charge in [-0.15, -0.1) is 0 Å². The highest BCUT2D eigenvalue weighted by atomic mass is 79.9. The number of anilines is 1. The Hall–Kier alpha value is -1.46. The van der Waals surface area contributed by atoms with Gasteiger partial charge in [0.2, 0.25) is 0 Å². The molecule has 1 unspecified atom stereocenters. The second-order valence-corrected chi connectivity index (χ2v) is 5.96. The summed E-state index contributed by atoms with van der Waals surface area (Å²) in [5, 5.41) is 6.55. The topological polar surface area (TPSA) is 24.1 Å². The number of hydrogen-bond donors (Lipinski definition) is 2. The number of benzene rings is 2. The van der Waals surface area contributed by atoms with Crippen LogP contribution in [0, 0.1) is 11.6 Å². The highest BCUT2D eigenvalue weighted by Crippen LogP contribution is 2.30. The summed E-state index contributed by atoms with van der Waals surface area (Å²) in [5.74, 6) is -1.17. The van der Waals surface area contributed by atoms with Crippen molar-refractivity contribution in [3.63, 3.8) is 0 Å². The lowest BCUT2D eigenvalue weighted by Crippen LogP contribution is -2.15. The summed E-state index contributed by atoms with van der Waals surface area (Å²) >= 11 is 3.10. The van der Waals surface area contributed by atoms with Crippen LogP contribution < -0.4 is 10.6 Å². The summed E-state index contributed by atoms with van der Waals surface area (Å²) in [6.45, 7) is 1.65. The second-order valence-electron chi connectivity index (χ2n) is 5.11. The van der Waals surface area contributed by atoms with Crippen LogP contribution in [0.25, 0.3) is 0 Å². The quantitative estimate of drug-likeness (QED) is 0.784. The molecule has 0 spiro atoms. The molecule has 0 aromatic heterocycles. The molecule has 0 saturated carbocycles. The smallest absolute Gasteiger partial charge is 0.149 e. The van der Waals surface area contributed by atoms with E-state index in [4.69, 9.17) is 0 Å². The highest BCUT2D eigenvalue weighted by molar-refractivity contribution is 9.10. The molecule has 0 saturated heterocycles. The Kier molecular flexibility index (Phi) is 4.22. The van der Waals surface area contributed by atoms with E-state index in [1.165, 1.54) is 11.6 Å². The number of fused-ring (bicyclic) bond motifs is 1. The van der Waals surface area contributed by atoms with Crippen LogP contribution in [0.4, 0.5) is 14.5 Å². The zero-order valence-electron chi connectivity index (χ0n) is 11.3. The van der Waals surface area contributed by atoms with Crippen molar-refractivity contribution in [2.24, 2.45) is 0 Å². The average molecular weight is 353 g/mol. The van der Waals surface area contributed by atoms with Crippen LogP contribution in [0.1, 0.15) is 23.6 Å². The lowest BCUT2D eigenvalue weighted by atomic mass is 9.99. The van der Waals surface area contributed by atoms with Gasteiger partial charge in [0, 0.05) is 12.6 Å². The number of nitrogens with one attached hydrogen (secondary N) is 2. The van der Waals surface area contributed by atoms with E-state index in [2.05, 4.69) is 38.7 Å².